The topological polar surface area (TPSA) is 80.0 Å². The van der Waals surface area contributed by atoms with Gasteiger partial charge in [0.25, 0.3) is 0 Å². The molecule has 0 atom stereocenters. The van der Waals surface area contributed by atoms with Crippen LogP contribution in [0.5, 0.6) is 0 Å². The predicted octanol–water partition coefficient (Wildman–Crippen LogP) is 4.47. The lowest BCUT2D eigenvalue weighted by molar-refractivity contribution is 0.441. The average Bonchev–Trinajstić information content (AvgIpc) is 3.44. The number of furan rings is 1. The Morgan fingerprint density at radius 2 is 2.00 bits per heavy atom. The minimum absolute atomic E-state index is 0.155. The molecule has 0 aliphatic carbocycles. The molecular weight excluding hydrogens is 386 g/mol. The van der Waals surface area contributed by atoms with E-state index in [1.165, 1.54) is 16.1 Å². The van der Waals surface area contributed by atoms with Crippen LogP contribution in [0.3, 0.4) is 0 Å². The number of nitrogens with zero attached hydrogens (tertiary/aromatic N) is 1. The first-order valence-electron chi connectivity index (χ1n) is 9.05. The van der Waals surface area contributed by atoms with Gasteiger partial charge in [0.2, 0.25) is 5.09 Å². The van der Waals surface area contributed by atoms with Crippen molar-refractivity contribution >= 4 is 33.1 Å². The molecule has 4 aromatic rings. The number of H-pyrrole nitrogens is 1. The maximum Gasteiger partial charge on any atom is 0.301 e. The van der Waals surface area contributed by atoms with Crippen LogP contribution in [-0.4, -0.2) is 24.4 Å². The molecule has 0 saturated carbocycles. The number of hydrogen-bond donors (Lipinski definition) is 2. The fraction of sp³-hybridized carbons (Fsp3) is 0.0909. The predicted molar refractivity (Wildman–Crippen MR) is 116 cm³/mol. The number of hydrogen-bond acceptors (Lipinski definition) is 4. The third kappa shape index (κ3) is 3.24. The summed E-state index contributed by atoms with van der Waals surface area (Å²) in [7, 11) is -2.14. The van der Waals surface area contributed by atoms with E-state index < -0.39 is 10.0 Å². The second-order valence-electron chi connectivity index (χ2n) is 6.64. The fourth-order valence-electron chi connectivity index (χ4n) is 3.36. The van der Waals surface area contributed by atoms with E-state index in [-0.39, 0.29) is 5.09 Å². The number of nitrogens with one attached hydrogen (secondary N) is 2. The van der Waals surface area contributed by atoms with Crippen molar-refractivity contribution in [1.29, 1.82) is 0 Å². The summed E-state index contributed by atoms with van der Waals surface area (Å²) in [6.45, 7) is 7.91. The molecule has 0 amide bonds. The van der Waals surface area contributed by atoms with Crippen molar-refractivity contribution in [2.24, 2.45) is 0 Å². The van der Waals surface area contributed by atoms with Gasteiger partial charge in [-0.25, -0.2) is 3.97 Å². The molecule has 7 heteroatoms. The van der Waals surface area contributed by atoms with E-state index in [0.717, 1.165) is 22.0 Å². The Bertz CT molecular complexity index is 1300. The number of fused-ring (bicyclic) bond motifs is 1. The zero-order chi connectivity index (χ0) is 20.6. The van der Waals surface area contributed by atoms with Crippen molar-refractivity contribution in [2.75, 3.05) is 7.05 Å². The summed E-state index contributed by atoms with van der Waals surface area (Å²) in [5.74, 6) is 0.372. The van der Waals surface area contributed by atoms with Crippen molar-refractivity contribution in [2.45, 2.75) is 11.6 Å². The van der Waals surface area contributed by atoms with E-state index >= 15 is 0 Å². The fourth-order valence-corrected chi connectivity index (χ4v) is 4.71. The zero-order valence-electron chi connectivity index (χ0n) is 16.0. The van der Waals surface area contributed by atoms with Crippen LogP contribution in [0.2, 0.25) is 0 Å². The molecule has 0 bridgehead atoms. The summed E-state index contributed by atoms with van der Waals surface area (Å²) in [4.78, 5) is 3.15. The second kappa shape index (κ2) is 7.27. The van der Waals surface area contributed by atoms with Crippen molar-refractivity contribution in [1.82, 2.24) is 14.3 Å². The van der Waals surface area contributed by atoms with Crippen LogP contribution in [0, 0.1) is 0 Å². The van der Waals surface area contributed by atoms with Crippen LogP contribution >= 0.6 is 0 Å². The Labute approximate surface area is 169 Å². The average molecular weight is 407 g/mol. The Balaban J connectivity index is 1.91. The lowest BCUT2D eigenvalue weighted by atomic mass is 10.1. The quantitative estimate of drug-likeness (QED) is 0.474. The van der Waals surface area contributed by atoms with Gasteiger partial charge in [-0.1, -0.05) is 25.3 Å². The highest BCUT2D eigenvalue weighted by atomic mass is 32.2. The number of aromatic nitrogens is 2. The summed E-state index contributed by atoms with van der Waals surface area (Å²) < 4.78 is 33.7. The maximum atomic E-state index is 13.4. The van der Waals surface area contributed by atoms with Gasteiger partial charge in [-0.2, -0.15) is 8.42 Å². The van der Waals surface area contributed by atoms with E-state index in [0.29, 0.717) is 23.6 Å². The van der Waals surface area contributed by atoms with E-state index in [1.54, 1.807) is 12.3 Å². The smallest absolute Gasteiger partial charge is 0.301 e. The Kier molecular flexibility index (Phi) is 4.77. The molecule has 0 saturated heterocycles. The standard InChI is InChI=1S/C22H21N3O3S/c1-4-16-12-22(28-21(16)5-2)29(26,27)25-14-15(13-23-3)10-20(25)18-6-7-19-17(11-18)8-9-24-19/h4-12,14,23-24H,1-2,13H2,3H3. The first-order valence-corrected chi connectivity index (χ1v) is 10.5. The molecule has 1 aromatic carbocycles. The number of rotatable bonds is 7. The Hall–Kier alpha value is -3.29. The zero-order valence-corrected chi connectivity index (χ0v) is 16.8. The van der Waals surface area contributed by atoms with Gasteiger partial charge in [0.15, 0.2) is 0 Å². The van der Waals surface area contributed by atoms with Crippen LogP contribution in [-0.2, 0) is 16.6 Å². The molecule has 4 rings (SSSR count). The number of benzene rings is 1. The molecule has 0 unspecified atom stereocenters. The molecule has 0 aliphatic rings. The third-order valence-electron chi connectivity index (χ3n) is 4.76. The second-order valence-corrected chi connectivity index (χ2v) is 8.38. The van der Waals surface area contributed by atoms with E-state index in [4.69, 9.17) is 4.42 Å². The number of aromatic amines is 1. The van der Waals surface area contributed by atoms with Crippen LogP contribution < -0.4 is 5.32 Å². The molecular formula is C22H21N3O3S. The van der Waals surface area contributed by atoms with Gasteiger partial charge in [-0.3, -0.25) is 0 Å². The lowest BCUT2D eigenvalue weighted by Crippen LogP contribution is -2.13. The third-order valence-corrected chi connectivity index (χ3v) is 6.29. The molecule has 0 spiro atoms. The van der Waals surface area contributed by atoms with Crippen molar-refractivity contribution in [3.05, 3.63) is 78.8 Å². The van der Waals surface area contributed by atoms with Crippen LogP contribution in [0.4, 0.5) is 0 Å². The normalized spacial score (nSPS) is 11.8. The van der Waals surface area contributed by atoms with Crippen LogP contribution in [0.15, 0.2) is 71.5 Å². The molecule has 3 aromatic heterocycles. The first-order chi connectivity index (χ1) is 14.0. The minimum Gasteiger partial charge on any atom is -0.443 e. The monoisotopic (exact) mass is 407 g/mol. The highest BCUT2D eigenvalue weighted by Gasteiger charge is 2.26. The summed E-state index contributed by atoms with van der Waals surface area (Å²) >= 11 is 0. The van der Waals surface area contributed by atoms with Gasteiger partial charge in [0.1, 0.15) is 5.76 Å². The highest BCUT2D eigenvalue weighted by Crippen LogP contribution is 2.31. The van der Waals surface area contributed by atoms with Crippen molar-refractivity contribution in [3.63, 3.8) is 0 Å². The summed E-state index contributed by atoms with van der Waals surface area (Å²) in [6, 6.07) is 11.1. The Morgan fingerprint density at radius 1 is 1.17 bits per heavy atom. The van der Waals surface area contributed by atoms with E-state index in [1.807, 2.05) is 43.6 Å². The van der Waals surface area contributed by atoms with Crippen molar-refractivity contribution < 1.29 is 12.8 Å². The largest absolute Gasteiger partial charge is 0.443 e. The molecule has 0 radical (unpaired) electrons. The molecule has 148 valence electrons. The van der Waals surface area contributed by atoms with Gasteiger partial charge >= 0.3 is 10.0 Å². The maximum absolute atomic E-state index is 13.4. The van der Waals surface area contributed by atoms with Crippen LogP contribution in [0.1, 0.15) is 16.9 Å². The van der Waals surface area contributed by atoms with Gasteiger partial charge < -0.3 is 14.7 Å². The SMILES string of the molecule is C=Cc1cc(S(=O)(=O)n2cc(CNC)cc2-c2ccc3[nH]ccc3c2)oc1C=C. The van der Waals surface area contributed by atoms with E-state index in [2.05, 4.69) is 23.5 Å². The lowest BCUT2D eigenvalue weighted by Gasteiger charge is -2.09. The molecule has 29 heavy (non-hydrogen) atoms. The molecule has 0 fully saturated rings. The summed E-state index contributed by atoms with van der Waals surface area (Å²) in [5, 5.41) is 3.91. The highest BCUT2D eigenvalue weighted by molar-refractivity contribution is 7.89. The molecule has 6 nitrogen and oxygen atoms in total. The van der Waals surface area contributed by atoms with Gasteiger partial charge in [0.05, 0.1) is 5.69 Å². The minimum atomic E-state index is -3.96. The summed E-state index contributed by atoms with van der Waals surface area (Å²) in [6.07, 6.45) is 6.49. The van der Waals surface area contributed by atoms with Crippen molar-refractivity contribution in [3.8, 4) is 11.3 Å². The molecule has 0 aliphatic heterocycles. The molecule has 2 N–H and O–H groups in total. The van der Waals surface area contributed by atoms with Gasteiger partial charge in [-0.15, -0.1) is 0 Å². The van der Waals surface area contributed by atoms with E-state index in [9.17, 15) is 8.42 Å². The van der Waals surface area contributed by atoms with Crippen LogP contribution in [0.25, 0.3) is 34.3 Å². The van der Waals surface area contributed by atoms with Gasteiger partial charge in [0, 0.05) is 41.5 Å². The first kappa shape index (κ1) is 19.0. The van der Waals surface area contributed by atoms with Gasteiger partial charge in [-0.05, 0) is 48.5 Å². The molecule has 3 heterocycles. The Morgan fingerprint density at radius 3 is 2.69 bits per heavy atom. The summed E-state index contributed by atoms with van der Waals surface area (Å²) in [5.41, 5.74) is 3.77.